The van der Waals surface area contributed by atoms with Crippen molar-refractivity contribution in [3.63, 3.8) is 0 Å². The van der Waals surface area contributed by atoms with Crippen LogP contribution in [0, 0.1) is 11.8 Å². The first-order chi connectivity index (χ1) is 14.5. The Bertz CT molecular complexity index is 1180. The summed E-state index contributed by atoms with van der Waals surface area (Å²) in [4.78, 5) is 27.5. The predicted molar refractivity (Wildman–Crippen MR) is 121 cm³/mol. The van der Waals surface area contributed by atoms with Crippen molar-refractivity contribution in [3.05, 3.63) is 101 Å². The van der Waals surface area contributed by atoms with Crippen LogP contribution in [0.25, 0.3) is 0 Å². The average Bonchev–Trinajstić information content (AvgIpc) is 2.79. The van der Waals surface area contributed by atoms with Crippen LogP contribution >= 0.6 is 31.9 Å². The number of hydrazine groups is 1. The maximum Gasteiger partial charge on any atom is 0.251 e. The summed E-state index contributed by atoms with van der Waals surface area (Å²) in [7, 11) is 0. The first kappa shape index (κ1) is 18.3. The van der Waals surface area contributed by atoms with Gasteiger partial charge in [0.05, 0.1) is 26.2 Å². The first-order valence-electron chi connectivity index (χ1n) is 9.76. The predicted octanol–water partition coefficient (Wildman–Crippen LogP) is 4.60. The Morgan fingerprint density at radius 3 is 1.60 bits per heavy atom. The monoisotopic (exact) mass is 522 g/mol. The quantitative estimate of drug-likeness (QED) is 0.474. The average molecular weight is 524 g/mol. The molecule has 4 nitrogen and oxygen atoms in total. The van der Waals surface area contributed by atoms with Crippen LogP contribution in [0.5, 0.6) is 0 Å². The molecule has 1 saturated heterocycles. The Balaban J connectivity index is 1.66. The Kier molecular flexibility index (Phi) is 3.70. The lowest BCUT2D eigenvalue weighted by atomic mass is 9.53. The summed E-state index contributed by atoms with van der Waals surface area (Å²) in [5, 5.41) is 1.40. The van der Waals surface area contributed by atoms with Crippen molar-refractivity contribution in [1.29, 1.82) is 0 Å². The van der Waals surface area contributed by atoms with Crippen molar-refractivity contribution in [3.8, 4) is 0 Å². The van der Waals surface area contributed by atoms with Gasteiger partial charge in [-0.3, -0.25) is 15.0 Å². The third kappa shape index (κ3) is 2.01. The molecule has 0 saturated carbocycles. The molecule has 30 heavy (non-hydrogen) atoms. The fourth-order valence-electron chi connectivity index (χ4n) is 5.44. The molecule has 3 aromatic rings. The number of nitrogens with zero attached hydrogens (tertiary/aromatic N) is 1. The molecular formula is C24H16Br2N2O2. The number of anilines is 1. The third-order valence-corrected chi connectivity index (χ3v) is 9.31. The molecule has 1 heterocycles. The SMILES string of the molecule is O=C1NN(c2ccccc2)C(=O)[C@@H]2[C@@H]1C1(Br)c3ccccc3C2(Br)c2ccccc21. The smallest absolute Gasteiger partial charge is 0.251 e. The molecule has 0 radical (unpaired) electrons. The van der Waals surface area contributed by atoms with Gasteiger partial charge in [-0.25, -0.2) is 5.01 Å². The molecule has 2 bridgehead atoms. The molecule has 148 valence electrons. The summed E-state index contributed by atoms with van der Waals surface area (Å²) in [6, 6.07) is 25.4. The van der Waals surface area contributed by atoms with Gasteiger partial charge >= 0.3 is 0 Å². The van der Waals surface area contributed by atoms with E-state index in [0.29, 0.717) is 5.69 Å². The maximum atomic E-state index is 13.9. The highest BCUT2D eigenvalue weighted by Gasteiger charge is 2.70. The summed E-state index contributed by atoms with van der Waals surface area (Å²) in [6.45, 7) is 0. The van der Waals surface area contributed by atoms with Crippen LogP contribution in [-0.4, -0.2) is 11.8 Å². The molecule has 2 atom stereocenters. The lowest BCUT2D eigenvalue weighted by molar-refractivity contribution is -0.143. The Morgan fingerprint density at radius 1 is 0.667 bits per heavy atom. The zero-order chi connectivity index (χ0) is 20.7. The van der Waals surface area contributed by atoms with Crippen molar-refractivity contribution in [2.75, 3.05) is 5.01 Å². The van der Waals surface area contributed by atoms with Gasteiger partial charge in [0, 0.05) is 0 Å². The number of nitrogens with one attached hydrogen (secondary N) is 1. The molecule has 7 rings (SSSR count). The number of carbonyl (C=O) groups is 2. The molecule has 1 aliphatic heterocycles. The van der Waals surface area contributed by atoms with Crippen molar-refractivity contribution in [2.45, 2.75) is 8.65 Å². The second kappa shape index (κ2) is 6.05. The fourth-order valence-corrected chi connectivity index (χ4v) is 7.76. The molecule has 1 N–H and O–H groups in total. The number of para-hydroxylation sites is 1. The number of benzene rings is 3. The number of carbonyl (C=O) groups excluding carboxylic acids is 2. The highest BCUT2D eigenvalue weighted by Crippen LogP contribution is 2.69. The minimum Gasteiger partial charge on any atom is -0.273 e. The van der Waals surface area contributed by atoms with Crippen LogP contribution in [-0.2, 0) is 18.2 Å². The lowest BCUT2D eigenvalue weighted by Gasteiger charge is -2.60. The standard InChI is InChI=1S/C24H16Br2N2O2/c25-23-15-10-4-6-12-17(15)24(26,18-13-7-5-11-16(18)23)20-19(23)21(29)27-28(22(20)30)14-8-2-1-3-9-14/h1-13,19-20H,(H,27,29)/t19-,20-,23?,24?/m0/s1. The minimum absolute atomic E-state index is 0.129. The Hall–Kier alpha value is -2.44. The van der Waals surface area contributed by atoms with Crippen molar-refractivity contribution in [1.82, 2.24) is 5.43 Å². The summed E-state index contributed by atoms with van der Waals surface area (Å²) in [5.74, 6) is -1.49. The molecular weight excluding hydrogens is 508 g/mol. The second-order valence-electron chi connectivity index (χ2n) is 7.96. The number of rotatable bonds is 1. The van der Waals surface area contributed by atoms with Crippen LogP contribution in [0.3, 0.4) is 0 Å². The summed E-state index contributed by atoms with van der Waals surface area (Å²) >= 11 is 8.00. The highest BCUT2D eigenvalue weighted by atomic mass is 79.9. The number of halogens is 2. The van der Waals surface area contributed by atoms with Crippen molar-refractivity contribution >= 4 is 49.4 Å². The number of hydrogen-bond donors (Lipinski definition) is 1. The molecule has 2 amide bonds. The molecule has 0 unspecified atom stereocenters. The Labute approximate surface area is 190 Å². The van der Waals surface area contributed by atoms with Gasteiger partial charge in [-0.05, 0) is 34.4 Å². The molecule has 3 aliphatic carbocycles. The summed E-state index contributed by atoms with van der Waals surface area (Å²) < 4.78 is -1.56. The lowest BCUT2D eigenvalue weighted by Crippen LogP contribution is -2.70. The van der Waals surface area contributed by atoms with Crippen LogP contribution in [0.4, 0.5) is 5.69 Å². The number of amides is 2. The zero-order valence-corrected chi connectivity index (χ0v) is 18.9. The molecule has 6 heteroatoms. The van der Waals surface area contributed by atoms with E-state index in [2.05, 4.69) is 49.4 Å². The maximum absolute atomic E-state index is 13.9. The van der Waals surface area contributed by atoms with E-state index < -0.39 is 20.5 Å². The molecule has 0 spiro atoms. The van der Waals surface area contributed by atoms with Gasteiger partial charge in [0.1, 0.15) is 0 Å². The minimum atomic E-state index is -0.789. The topological polar surface area (TPSA) is 49.4 Å². The van der Waals surface area contributed by atoms with Gasteiger partial charge in [0.2, 0.25) is 5.91 Å². The van der Waals surface area contributed by atoms with Gasteiger partial charge in [0.15, 0.2) is 0 Å². The summed E-state index contributed by atoms with van der Waals surface area (Å²) in [5.41, 5.74) is 7.62. The van der Waals surface area contributed by atoms with E-state index in [1.165, 1.54) is 5.01 Å². The van der Waals surface area contributed by atoms with E-state index in [9.17, 15) is 9.59 Å². The normalized spacial score (nSPS) is 30.9. The first-order valence-corrected chi connectivity index (χ1v) is 11.3. The van der Waals surface area contributed by atoms with Gasteiger partial charge < -0.3 is 0 Å². The van der Waals surface area contributed by atoms with Crippen LogP contribution in [0.1, 0.15) is 22.3 Å². The van der Waals surface area contributed by atoms with Crippen LogP contribution < -0.4 is 10.4 Å². The van der Waals surface area contributed by atoms with E-state index in [1.54, 1.807) is 0 Å². The van der Waals surface area contributed by atoms with E-state index >= 15 is 0 Å². The number of alkyl halides is 2. The molecule has 0 aromatic heterocycles. The Morgan fingerprint density at radius 2 is 1.10 bits per heavy atom. The van der Waals surface area contributed by atoms with E-state index in [-0.39, 0.29) is 11.8 Å². The molecule has 4 aliphatic rings. The van der Waals surface area contributed by atoms with Crippen LogP contribution in [0.2, 0.25) is 0 Å². The zero-order valence-electron chi connectivity index (χ0n) is 15.7. The van der Waals surface area contributed by atoms with Gasteiger partial charge in [-0.2, -0.15) is 0 Å². The second-order valence-corrected chi connectivity index (χ2v) is 10.5. The van der Waals surface area contributed by atoms with Crippen LogP contribution in [0.15, 0.2) is 78.9 Å². The largest absolute Gasteiger partial charge is 0.273 e. The van der Waals surface area contributed by atoms with E-state index in [4.69, 9.17) is 0 Å². The molecule has 1 fully saturated rings. The van der Waals surface area contributed by atoms with Crippen molar-refractivity contribution < 1.29 is 9.59 Å². The summed E-state index contributed by atoms with van der Waals surface area (Å²) in [6.07, 6.45) is 0. The number of hydrogen-bond acceptors (Lipinski definition) is 2. The van der Waals surface area contributed by atoms with Gasteiger partial charge in [-0.15, -0.1) is 0 Å². The van der Waals surface area contributed by atoms with Gasteiger partial charge in [-0.1, -0.05) is 98.6 Å². The third-order valence-electron chi connectivity index (χ3n) is 6.62. The molecule has 3 aromatic carbocycles. The van der Waals surface area contributed by atoms with E-state index in [0.717, 1.165) is 22.3 Å². The fraction of sp³-hybridized carbons (Fsp3) is 0.167. The van der Waals surface area contributed by atoms with E-state index in [1.807, 2.05) is 66.7 Å². The highest BCUT2D eigenvalue weighted by molar-refractivity contribution is 9.10. The van der Waals surface area contributed by atoms with Crippen molar-refractivity contribution in [2.24, 2.45) is 11.8 Å². The van der Waals surface area contributed by atoms with Gasteiger partial charge in [0.25, 0.3) is 5.91 Å².